The highest BCUT2D eigenvalue weighted by atomic mass is 35.5. The Balaban J connectivity index is 0.769. The summed E-state index contributed by atoms with van der Waals surface area (Å²) < 4.78 is 6.38. The molecular formula is C44H50ClN9O6. The molecule has 0 radical (unpaired) electrons. The van der Waals surface area contributed by atoms with E-state index in [9.17, 15) is 29.2 Å². The van der Waals surface area contributed by atoms with Crippen molar-refractivity contribution in [1.29, 1.82) is 5.26 Å². The third-order valence-electron chi connectivity index (χ3n) is 13.2. The van der Waals surface area contributed by atoms with Crippen molar-refractivity contribution in [2.45, 2.75) is 78.0 Å². The molecule has 1 atom stereocenters. The van der Waals surface area contributed by atoms with Crippen molar-refractivity contribution < 1.29 is 28.7 Å². The zero-order chi connectivity index (χ0) is 42.5. The minimum absolute atomic E-state index is 0.0516. The van der Waals surface area contributed by atoms with Gasteiger partial charge < -0.3 is 19.9 Å². The lowest BCUT2D eigenvalue weighted by molar-refractivity contribution is -0.164. The molecule has 1 aromatic heterocycles. The zero-order valence-corrected chi connectivity index (χ0v) is 35.1. The van der Waals surface area contributed by atoms with Crippen LogP contribution in [0.15, 0.2) is 48.7 Å². The van der Waals surface area contributed by atoms with Gasteiger partial charge in [-0.15, -0.1) is 0 Å². The standard InChI is InChI=1S/C44H50ClN9O6/c1-43(2)41(44(3,4)42(43)60-30-10-7-28(24-46)31(45)23-30)50-37(56)27-5-8-29(9-6-27)52-17-14-26(15-18-52)13-16-51-19-21-53(22-20-51)33-25-47-35-36(48-33)40(59)54(39(35)58)32-11-12-34(55)49-38(32)57/h5-10,23,25-26,32,41-42H,11-22H2,1-4H3,(H,50,56)(H,49,55,57)/t32?,41-,42-. The van der Waals surface area contributed by atoms with Gasteiger partial charge in [-0.1, -0.05) is 39.3 Å². The van der Waals surface area contributed by atoms with Crippen molar-refractivity contribution in [2.75, 3.05) is 55.6 Å². The lowest BCUT2D eigenvalue weighted by atomic mass is 9.49. The average Bonchev–Trinajstić information content (AvgIpc) is 3.49. The molecule has 1 unspecified atom stereocenters. The number of nitrogens with zero attached hydrogens (tertiary/aromatic N) is 7. The van der Waals surface area contributed by atoms with Crippen molar-refractivity contribution >= 4 is 52.6 Å². The predicted molar refractivity (Wildman–Crippen MR) is 223 cm³/mol. The van der Waals surface area contributed by atoms with E-state index in [0.29, 0.717) is 46.7 Å². The summed E-state index contributed by atoms with van der Waals surface area (Å²) in [5, 5.41) is 15.1. The first-order valence-electron chi connectivity index (χ1n) is 20.7. The van der Waals surface area contributed by atoms with Crippen molar-refractivity contribution in [3.63, 3.8) is 0 Å². The van der Waals surface area contributed by atoms with Crippen LogP contribution in [0.25, 0.3) is 0 Å². The van der Waals surface area contributed by atoms with E-state index < -0.39 is 29.7 Å². The van der Waals surface area contributed by atoms with Crippen LogP contribution in [0.4, 0.5) is 11.5 Å². The molecular weight excluding hydrogens is 786 g/mol. The maximum atomic E-state index is 13.5. The Morgan fingerprint density at radius 2 is 1.60 bits per heavy atom. The molecule has 1 saturated carbocycles. The van der Waals surface area contributed by atoms with Crippen molar-refractivity contribution in [2.24, 2.45) is 16.7 Å². The fraction of sp³-hybridized carbons (Fsp3) is 0.500. The van der Waals surface area contributed by atoms with E-state index >= 15 is 0 Å². The molecule has 2 N–H and O–H groups in total. The van der Waals surface area contributed by atoms with E-state index in [-0.39, 0.29) is 53.1 Å². The van der Waals surface area contributed by atoms with Gasteiger partial charge in [-0.2, -0.15) is 5.26 Å². The number of anilines is 2. The molecule has 3 saturated heterocycles. The van der Waals surface area contributed by atoms with Crippen LogP contribution in [-0.2, 0) is 9.59 Å². The monoisotopic (exact) mass is 835 g/mol. The summed E-state index contributed by atoms with van der Waals surface area (Å²) >= 11 is 6.25. The molecule has 16 heteroatoms. The van der Waals surface area contributed by atoms with E-state index in [4.69, 9.17) is 16.3 Å². The number of aromatic nitrogens is 2. The highest BCUT2D eigenvalue weighted by Gasteiger charge is 2.64. The summed E-state index contributed by atoms with van der Waals surface area (Å²) in [6.07, 6.45) is 4.77. The first-order valence-corrected chi connectivity index (χ1v) is 21.1. The molecule has 5 amide bonds. The van der Waals surface area contributed by atoms with Crippen LogP contribution >= 0.6 is 11.6 Å². The van der Waals surface area contributed by atoms with E-state index in [1.54, 1.807) is 18.2 Å². The Bertz CT molecular complexity index is 2240. The highest BCUT2D eigenvalue weighted by molar-refractivity contribution is 6.31. The summed E-state index contributed by atoms with van der Waals surface area (Å²) in [4.78, 5) is 80.4. The molecule has 0 bridgehead atoms. The van der Waals surface area contributed by atoms with E-state index in [1.807, 2.05) is 24.3 Å². The van der Waals surface area contributed by atoms with Gasteiger partial charge in [0.25, 0.3) is 17.7 Å². The second-order valence-corrected chi connectivity index (χ2v) is 18.2. The molecule has 60 heavy (non-hydrogen) atoms. The molecule has 2 aromatic carbocycles. The number of hydrogen-bond donors (Lipinski definition) is 2. The van der Waals surface area contributed by atoms with Gasteiger partial charge in [0, 0.05) is 79.9 Å². The van der Waals surface area contributed by atoms with Gasteiger partial charge in [0.15, 0.2) is 11.4 Å². The van der Waals surface area contributed by atoms with E-state index in [1.165, 1.54) is 6.20 Å². The third kappa shape index (κ3) is 7.67. The van der Waals surface area contributed by atoms with Crippen LogP contribution < -0.4 is 25.2 Å². The maximum Gasteiger partial charge on any atom is 0.282 e. The number of amides is 5. The zero-order valence-electron chi connectivity index (χ0n) is 34.4. The molecule has 3 aromatic rings. The summed E-state index contributed by atoms with van der Waals surface area (Å²) in [6, 6.07) is 13.9. The molecule has 314 valence electrons. The topological polar surface area (TPSA) is 181 Å². The van der Waals surface area contributed by atoms with Crippen LogP contribution in [-0.4, -0.2) is 113 Å². The second kappa shape index (κ2) is 16.1. The molecule has 4 aliphatic heterocycles. The number of carbonyl (C=O) groups is 5. The molecule has 5 heterocycles. The van der Waals surface area contributed by atoms with E-state index in [0.717, 1.165) is 62.6 Å². The number of rotatable bonds is 10. The number of fused-ring (bicyclic) bond motifs is 1. The normalized spacial score (nSPS) is 24.1. The number of halogens is 1. The van der Waals surface area contributed by atoms with Crippen LogP contribution in [0.3, 0.4) is 0 Å². The minimum Gasteiger partial charge on any atom is -0.489 e. The smallest absolute Gasteiger partial charge is 0.282 e. The van der Waals surface area contributed by atoms with E-state index in [2.05, 4.69) is 69.1 Å². The van der Waals surface area contributed by atoms with Crippen molar-refractivity contribution in [1.82, 2.24) is 30.4 Å². The Morgan fingerprint density at radius 1 is 0.917 bits per heavy atom. The summed E-state index contributed by atoms with van der Waals surface area (Å²) in [5.41, 5.74) is 1.31. The number of benzene rings is 2. The fourth-order valence-electron chi connectivity index (χ4n) is 10.0. The molecule has 4 fully saturated rings. The summed E-state index contributed by atoms with van der Waals surface area (Å²) in [6.45, 7) is 14.4. The van der Waals surface area contributed by atoms with Crippen LogP contribution in [0, 0.1) is 28.1 Å². The Hall–Kier alpha value is -5.59. The lowest BCUT2D eigenvalue weighted by Crippen LogP contribution is -2.74. The van der Waals surface area contributed by atoms with Gasteiger partial charge in [-0.25, -0.2) is 9.97 Å². The van der Waals surface area contributed by atoms with Gasteiger partial charge in [0.05, 0.1) is 16.8 Å². The molecule has 0 spiro atoms. The molecule has 8 rings (SSSR count). The largest absolute Gasteiger partial charge is 0.489 e. The van der Waals surface area contributed by atoms with Crippen LogP contribution in [0.1, 0.15) is 96.7 Å². The number of nitrogens with one attached hydrogen (secondary N) is 2. The summed E-state index contributed by atoms with van der Waals surface area (Å²) in [7, 11) is 0. The molecule has 15 nitrogen and oxygen atoms in total. The first kappa shape index (κ1) is 41.2. The number of hydrogen-bond acceptors (Lipinski definition) is 12. The Labute approximate surface area is 354 Å². The number of nitriles is 1. The van der Waals surface area contributed by atoms with Gasteiger partial charge >= 0.3 is 0 Å². The van der Waals surface area contributed by atoms with Crippen LogP contribution in [0.5, 0.6) is 5.75 Å². The van der Waals surface area contributed by atoms with Crippen molar-refractivity contribution in [3.8, 4) is 11.8 Å². The lowest BCUT2D eigenvalue weighted by Gasteiger charge is -2.63. The minimum atomic E-state index is -1.05. The highest BCUT2D eigenvalue weighted by Crippen LogP contribution is 2.55. The maximum absolute atomic E-state index is 13.5. The number of imide groups is 2. The van der Waals surface area contributed by atoms with Crippen LogP contribution in [0.2, 0.25) is 5.02 Å². The summed E-state index contributed by atoms with van der Waals surface area (Å²) in [5.74, 6) is -0.768. The van der Waals surface area contributed by atoms with Gasteiger partial charge in [0.2, 0.25) is 11.8 Å². The Kier molecular flexibility index (Phi) is 11.1. The molecule has 1 aliphatic carbocycles. The number of piperazine rings is 1. The Morgan fingerprint density at radius 3 is 2.25 bits per heavy atom. The number of carbonyl (C=O) groups excluding carboxylic acids is 5. The van der Waals surface area contributed by atoms with Gasteiger partial charge in [-0.3, -0.25) is 39.1 Å². The second-order valence-electron chi connectivity index (χ2n) is 17.8. The van der Waals surface area contributed by atoms with Gasteiger partial charge in [-0.05, 0) is 74.5 Å². The quantitative estimate of drug-likeness (QED) is 0.275. The SMILES string of the molecule is CC1(C)[C@H](NC(=O)c2ccc(N3CCC(CCN4CCN(c5cnc6c(n5)C(=O)N(C5CCC(=O)NC5=O)C6=O)CC4)CC3)cc2)C(C)(C)[C@H]1Oc1ccc(C#N)c(Cl)c1. The van der Waals surface area contributed by atoms with Crippen molar-refractivity contribution in [3.05, 3.63) is 76.2 Å². The molecule has 5 aliphatic rings. The predicted octanol–water partition coefficient (Wildman–Crippen LogP) is 4.44. The third-order valence-corrected chi connectivity index (χ3v) is 13.5. The number of ether oxygens (including phenoxy) is 1. The van der Waals surface area contributed by atoms with Gasteiger partial charge in [0.1, 0.15) is 29.8 Å². The number of piperidine rings is 2. The first-order chi connectivity index (χ1) is 28.6. The fourth-order valence-corrected chi connectivity index (χ4v) is 10.3. The average molecular weight is 836 g/mol.